The Balaban J connectivity index is 0.000000594. The van der Waals surface area contributed by atoms with Crippen LogP contribution >= 0.6 is 44.2 Å². The largest absolute Gasteiger partial charge is 0.443 e. The van der Waals surface area contributed by atoms with E-state index in [1.807, 2.05) is 241 Å². The highest BCUT2D eigenvalue weighted by atomic mass is 31.2. The molecule has 0 aliphatic carbocycles. The van der Waals surface area contributed by atoms with E-state index in [1.165, 1.54) is 6.42 Å². The molecule has 0 bridgehead atoms. The number of hydrogen-bond donors (Lipinski definition) is 0. The summed E-state index contributed by atoms with van der Waals surface area (Å²) in [6.45, 7) is 31.3. The lowest BCUT2D eigenvalue weighted by molar-refractivity contribution is 0.482. The molecule has 0 saturated carbocycles. The lowest BCUT2D eigenvalue weighted by atomic mass is 9.78. The van der Waals surface area contributed by atoms with Gasteiger partial charge in [0.1, 0.15) is 34.5 Å². The third-order valence-electron chi connectivity index (χ3n) is 14.3. The molecule has 18 heteroatoms. The van der Waals surface area contributed by atoms with E-state index in [2.05, 4.69) is 27.7 Å². The van der Waals surface area contributed by atoms with Crippen LogP contribution in [0.4, 0.5) is 0 Å². The molecule has 0 saturated heterocycles. The Hall–Kier alpha value is -4.50. The van der Waals surface area contributed by atoms with Gasteiger partial charge in [-0.05, 0) is 101 Å². The minimum Gasteiger partial charge on any atom is -0.443 e. The standard InChI is InChI=1S/C23H34O4P2.C21H30O4P2.2C10H15O2P.C3H8.CH4/c1-7-28(24,8-2)26-21-15-11-19(12-16-21)23(5,6)20-13-17-22(18-14-20)27-29(25,9-3)10-4;1-5-26(22,6-2)24-20-13-9-18(10-14-20)17-19-11-15-21(16-12-19)25-27(23,7-3)8-4;2*1-3-13(11,4-2)12-10-8-6-5-7-9-10;1-3-2;/h11-18H,7-10H2,1-6H3;9-16H,5-8,17H2,1-4H3;2*5-9H,3-4H2,1-2H3;3H2,1-2H3;1H4. The molecule has 0 aliphatic rings. The summed E-state index contributed by atoms with van der Waals surface area (Å²) >= 11 is 0. The van der Waals surface area contributed by atoms with Gasteiger partial charge in [0.2, 0.25) is 44.2 Å². The van der Waals surface area contributed by atoms with Gasteiger partial charge in [0.05, 0.1) is 0 Å². The van der Waals surface area contributed by atoms with Gasteiger partial charge >= 0.3 is 0 Å². The second kappa shape index (κ2) is 39.5. The molecule has 480 valence electrons. The van der Waals surface area contributed by atoms with E-state index >= 15 is 0 Å². The number of hydrogen-bond acceptors (Lipinski definition) is 12. The molecule has 0 N–H and O–H groups in total. The van der Waals surface area contributed by atoms with Crippen LogP contribution in [0.2, 0.25) is 0 Å². The van der Waals surface area contributed by atoms with Gasteiger partial charge in [0, 0.05) is 79.4 Å². The maximum atomic E-state index is 12.5. The van der Waals surface area contributed by atoms with Gasteiger partial charge in [0.15, 0.2) is 0 Å². The molecule has 0 unspecified atom stereocenters. The van der Waals surface area contributed by atoms with Gasteiger partial charge in [-0.3, -0.25) is 27.4 Å². The molecule has 6 rings (SSSR count). The quantitative estimate of drug-likeness (QED) is 0.0429. The second-order valence-electron chi connectivity index (χ2n) is 20.7. The predicted octanol–water partition coefficient (Wildman–Crippen LogP) is 22.9. The van der Waals surface area contributed by atoms with Crippen molar-refractivity contribution in [2.24, 2.45) is 0 Å². The zero-order valence-corrected chi connectivity index (χ0v) is 59.4. The van der Waals surface area contributed by atoms with Crippen molar-refractivity contribution < 1.29 is 54.5 Å². The Morgan fingerprint density at radius 3 is 0.605 bits per heavy atom. The van der Waals surface area contributed by atoms with Gasteiger partial charge in [0.25, 0.3) is 0 Å². The summed E-state index contributed by atoms with van der Waals surface area (Å²) in [4.78, 5) is 0. The van der Waals surface area contributed by atoms with Gasteiger partial charge in [-0.15, -0.1) is 0 Å². The first-order valence-corrected chi connectivity index (χ1v) is 42.4. The maximum Gasteiger partial charge on any atom is 0.247 e. The van der Waals surface area contributed by atoms with Crippen molar-refractivity contribution in [3.05, 3.63) is 180 Å². The number of rotatable bonds is 28. The fourth-order valence-corrected chi connectivity index (χ4v) is 15.1. The van der Waals surface area contributed by atoms with Crippen molar-refractivity contribution in [3.63, 3.8) is 0 Å². The van der Waals surface area contributed by atoms with Crippen LogP contribution in [0.25, 0.3) is 0 Å². The molecule has 86 heavy (non-hydrogen) atoms. The van der Waals surface area contributed by atoms with Crippen molar-refractivity contribution in [2.45, 2.75) is 136 Å². The summed E-state index contributed by atoms with van der Waals surface area (Å²) in [6, 6.07) is 49.9. The van der Waals surface area contributed by atoms with Crippen LogP contribution in [-0.4, -0.2) is 73.9 Å². The first kappa shape index (κ1) is 79.5. The van der Waals surface area contributed by atoms with E-state index < -0.39 is 44.2 Å². The summed E-state index contributed by atoms with van der Waals surface area (Å²) in [7, 11) is -15.1. The van der Waals surface area contributed by atoms with Crippen molar-refractivity contribution >= 4 is 44.2 Å². The van der Waals surface area contributed by atoms with Gasteiger partial charge in [-0.2, -0.15) is 0 Å². The van der Waals surface area contributed by atoms with E-state index in [4.69, 9.17) is 27.1 Å². The molecule has 0 aromatic heterocycles. The highest BCUT2D eigenvalue weighted by molar-refractivity contribution is 7.60. The molecule has 6 aromatic carbocycles. The molecule has 6 aromatic rings. The fourth-order valence-electron chi connectivity index (χ4n) is 7.84. The van der Waals surface area contributed by atoms with Crippen LogP contribution in [0.3, 0.4) is 0 Å². The third kappa shape index (κ3) is 27.5. The third-order valence-corrected chi connectivity index (χ3v) is 29.1. The Kier molecular flexibility index (Phi) is 36.5. The van der Waals surface area contributed by atoms with Crippen molar-refractivity contribution in [2.75, 3.05) is 73.9 Å². The van der Waals surface area contributed by atoms with E-state index in [9.17, 15) is 27.4 Å². The summed E-state index contributed by atoms with van der Waals surface area (Å²) in [6.07, 6.45) is 8.73. The lowest BCUT2D eigenvalue weighted by Gasteiger charge is -2.27. The van der Waals surface area contributed by atoms with E-state index in [1.54, 1.807) is 0 Å². The highest BCUT2D eigenvalue weighted by Gasteiger charge is 2.27. The lowest BCUT2D eigenvalue weighted by Crippen LogP contribution is -2.18. The van der Waals surface area contributed by atoms with Crippen molar-refractivity contribution in [3.8, 4) is 34.5 Å². The van der Waals surface area contributed by atoms with Crippen LogP contribution in [0.15, 0.2) is 158 Å². The number of para-hydroxylation sites is 2. The number of benzene rings is 6. The molecule has 0 radical (unpaired) electrons. The van der Waals surface area contributed by atoms with E-state index in [0.29, 0.717) is 108 Å². The van der Waals surface area contributed by atoms with Gasteiger partial charge < -0.3 is 27.1 Å². The summed E-state index contributed by atoms with van der Waals surface area (Å²) in [5.74, 6) is 4.02. The molecular weight excluding hydrogens is 1190 g/mol. The normalized spacial score (nSPS) is 11.6. The van der Waals surface area contributed by atoms with Crippen LogP contribution in [0, 0.1) is 0 Å². The Morgan fingerprint density at radius 1 is 0.267 bits per heavy atom. The molecule has 0 aliphatic heterocycles. The zero-order chi connectivity index (χ0) is 63.8. The van der Waals surface area contributed by atoms with Crippen molar-refractivity contribution in [1.29, 1.82) is 0 Å². The highest BCUT2D eigenvalue weighted by Crippen LogP contribution is 2.50. The molecule has 12 nitrogen and oxygen atoms in total. The predicted molar refractivity (Wildman–Crippen MR) is 372 cm³/mol. The monoisotopic (exact) mass is 1300 g/mol. The first-order valence-electron chi connectivity index (χ1n) is 30.4. The molecular formula is C68H106O12P6. The Morgan fingerprint density at radius 2 is 0.430 bits per heavy atom. The van der Waals surface area contributed by atoms with Gasteiger partial charge in [-0.1, -0.05) is 210 Å². The van der Waals surface area contributed by atoms with Crippen LogP contribution in [0.5, 0.6) is 34.5 Å². The van der Waals surface area contributed by atoms with Crippen LogP contribution in [-0.2, 0) is 39.2 Å². The summed E-state index contributed by atoms with van der Waals surface area (Å²) in [5.41, 5.74) is 4.33. The molecule has 0 spiro atoms. The Labute approximate surface area is 520 Å². The SMILES string of the molecule is C.CCC.CCP(=O)(CC)Oc1ccc(C(C)(C)c2ccc(OP(=O)(CC)CC)cc2)cc1.CCP(=O)(CC)Oc1ccc(Cc2ccc(OP(=O)(CC)CC)cc2)cc1.CCP(=O)(CC)Oc1ccccc1.CCP(=O)(CC)Oc1ccccc1. The molecule has 0 fully saturated rings. The second-order valence-corrected chi connectivity index (χ2v) is 39.2. The Bertz CT molecular complexity index is 2840. The fraction of sp³-hybridized carbons (Fsp3) is 0.471. The average molecular weight is 1300 g/mol. The topological polar surface area (TPSA) is 158 Å². The van der Waals surface area contributed by atoms with E-state index in [0.717, 1.165) is 28.7 Å². The molecule has 0 heterocycles. The van der Waals surface area contributed by atoms with E-state index in [-0.39, 0.29) is 12.8 Å². The molecule has 0 atom stereocenters. The maximum absolute atomic E-state index is 12.5. The van der Waals surface area contributed by atoms with Crippen molar-refractivity contribution in [1.82, 2.24) is 0 Å². The first-order chi connectivity index (χ1) is 40.3. The molecule has 0 amide bonds. The minimum absolute atomic E-state index is 0. The average Bonchev–Trinajstić information content (AvgIpc) is 3.65. The summed E-state index contributed by atoms with van der Waals surface area (Å²) < 4.78 is 108. The zero-order valence-electron chi connectivity index (χ0n) is 54.0. The smallest absolute Gasteiger partial charge is 0.247 e. The van der Waals surface area contributed by atoms with Gasteiger partial charge in [-0.25, -0.2) is 0 Å². The summed E-state index contributed by atoms with van der Waals surface area (Å²) in [5, 5.41) is 0. The minimum atomic E-state index is -2.58. The van der Waals surface area contributed by atoms with Crippen LogP contribution in [0.1, 0.15) is 147 Å². The van der Waals surface area contributed by atoms with Crippen LogP contribution < -0.4 is 27.1 Å².